The fourth-order valence-corrected chi connectivity index (χ4v) is 5.27. The summed E-state index contributed by atoms with van der Waals surface area (Å²) >= 11 is 7.40. The Bertz CT molecular complexity index is 906. The predicted molar refractivity (Wildman–Crippen MR) is 104 cm³/mol. The first-order chi connectivity index (χ1) is 12.4. The van der Waals surface area contributed by atoms with E-state index >= 15 is 0 Å². The molecule has 2 heterocycles. The Morgan fingerprint density at radius 1 is 1.31 bits per heavy atom. The highest BCUT2D eigenvalue weighted by molar-refractivity contribution is 7.92. The number of anilines is 1. The highest BCUT2D eigenvalue weighted by Gasteiger charge is 2.22. The van der Waals surface area contributed by atoms with E-state index < -0.39 is 10.0 Å². The number of benzene rings is 1. The molecule has 0 unspecified atom stereocenters. The van der Waals surface area contributed by atoms with Crippen molar-refractivity contribution in [3.05, 3.63) is 45.1 Å². The SMILES string of the molecule is Cc1c(Cl)cccc1S(=O)(=O)Nc1cscc1CC(=O)N1CCNCC1. The number of thiophene rings is 1. The van der Waals surface area contributed by atoms with Gasteiger partial charge in [0.05, 0.1) is 17.0 Å². The minimum atomic E-state index is -3.78. The molecule has 2 aromatic rings. The number of nitrogens with one attached hydrogen (secondary N) is 2. The zero-order valence-electron chi connectivity index (χ0n) is 14.3. The number of nitrogens with zero attached hydrogens (tertiary/aromatic N) is 1. The fraction of sp³-hybridized carbons (Fsp3) is 0.353. The fourth-order valence-electron chi connectivity index (χ4n) is 2.82. The van der Waals surface area contributed by atoms with Gasteiger partial charge in [-0.05, 0) is 35.6 Å². The van der Waals surface area contributed by atoms with E-state index in [0.29, 0.717) is 34.9 Å². The predicted octanol–water partition coefficient (Wildman–Crippen LogP) is 2.49. The van der Waals surface area contributed by atoms with Gasteiger partial charge in [-0.15, -0.1) is 11.3 Å². The number of halogens is 1. The van der Waals surface area contributed by atoms with E-state index in [-0.39, 0.29) is 17.2 Å². The summed E-state index contributed by atoms with van der Waals surface area (Å²) in [6.07, 6.45) is 0.176. The lowest BCUT2D eigenvalue weighted by Crippen LogP contribution is -2.46. The number of piperazine rings is 1. The van der Waals surface area contributed by atoms with Crippen molar-refractivity contribution in [1.82, 2.24) is 10.2 Å². The van der Waals surface area contributed by atoms with Gasteiger partial charge in [-0.2, -0.15) is 0 Å². The molecule has 0 atom stereocenters. The molecule has 0 aliphatic carbocycles. The van der Waals surface area contributed by atoms with Crippen LogP contribution in [0.3, 0.4) is 0 Å². The third kappa shape index (κ3) is 4.20. The van der Waals surface area contributed by atoms with Gasteiger partial charge in [0.25, 0.3) is 10.0 Å². The molecule has 0 saturated carbocycles. The van der Waals surface area contributed by atoms with E-state index in [1.165, 1.54) is 17.4 Å². The molecule has 0 bridgehead atoms. The van der Waals surface area contributed by atoms with Crippen LogP contribution in [0.25, 0.3) is 0 Å². The van der Waals surface area contributed by atoms with Crippen LogP contribution in [0, 0.1) is 6.92 Å². The van der Waals surface area contributed by atoms with Gasteiger partial charge in [0.1, 0.15) is 0 Å². The van der Waals surface area contributed by atoms with Gasteiger partial charge in [-0.25, -0.2) is 8.42 Å². The van der Waals surface area contributed by atoms with E-state index in [0.717, 1.165) is 13.1 Å². The minimum absolute atomic E-state index is 0.00397. The lowest BCUT2D eigenvalue weighted by molar-refractivity contribution is -0.131. The molecule has 1 fully saturated rings. The zero-order chi connectivity index (χ0) is 18.7. The highest BCUT2D eigenvalue weighted by Crippen LogP contribution is 2.28. The van der Waals surface area contributed by atoms with Gasteiger partial charge in [0, 0.05) is 36.6 Å². The number of sulfonamides is 1. The lowest BCUT2D eigenvalue weighted by Gasteiger charge is -2.27. The van der Waals surface area contributed by atoms with Crippen LogP contribution in [-0.4, -0.2) is 45.4 Å². The normalized spacial score (nSPS) is 15.1. The van der Waals surface area contributed by atoms with Crippen LogP contribution in [0.1, 0.15) is 11.1 Å². The molecule has 1 amide bonds. The van der Waals surface area contributed by atoms with Gasteiger partial charge < -0.3 is 10.2 Å². The molecule has 9 heteroatoms. The van der Waals surface area contributed by atoms with Crippen molar-refractivity contribution in [2.75, 3.05) is 30.9 Å². The standard InChI is InChI=1S/C17H20ClN3O3S2/c1-12-14(18)3-2-4-16(12)26(23,24)20-15-11-25-10-13(15)9-17(22)21-7-5-19-6-8-21/h2-4,10-11,19-20H,5-9H2,1H3. The number of amides is 1. The second kappa shape index (κ2) is 7.96. The summed E-state index contributed by atoms with van der Waals surface area (Å²) in [6.45, 7) is 4.57. The van der Waals surface area contributed by atoms with E-state index in [1.807, 2.05) is 5.38 Å². The summed E-state index contributed by atoms with van der Waals surface area (Å²) in [5.74, 6) is 0.00397. The maximum Gasteiger partial charge on any atom is 0.262 e. The monoisotopic (exact) mass is 413 g/mol. The Kier molecular flexibility index (Phi) is 5.86. The van der Waals surface area contributed by atoms with Gasteiger partial charge in [0.15, 0.2) is 0 Å². The average molecular weight is 414 g/mol. The Hall–Kier alpha value is -1.61. The molecule has 2 N–H and O–H groups in total. The molecule has 0 radical (unpaired) electrons. The molecular weight excluding hydrogens is 394 g/mol. The van der Waals surface area contributed by atoms with Crippen LogP contribution in [0.5, 0.6) is 0 Å². The van der Waals surface area contributed by atoms with Crippen LogP contribution in [0.15, 0.2) is 33.9 Å². The van der Waals surface area contributed by atoms with Crippen LogP contribution in [-0.2, 0) is 21.2 Å². The van der Waals surface area contributed by atoms with Crippen molar-refractivity contribution in [2.45, 2.75) is 18.2 Å². The van der Waals surface area contributed by atoms with E-state index in [4.69, 9.17) is 11.6 Å². The maximum absolute atomic E-state index is 12.7. The van der Waals surface area contributed by atoms with Crippen molar-refractivity contribution >= 4 is 44.6 Å². The Morgan fingerprint density at radius 2 is 2.04 bits per heavy atom. The van der Waals surface area contributed by atoms with Crippen LogP contribution < -0.4 is 10.0 Å². The highest BCUT2D eigenvalue weighted by atomic mass is 35.5. The number of carbonyl (C=O) groups is 1. The van der Waals surface area contributed by atoms with Crippen LogP contribution in [0.2, 0.25) is 5.02 Å². The molecule has 1 saturated heterocycles. The third-order valence-corrected chi connectivity index (χ3v) is 7.02. The van der Waals surface area contributed by atoms with Crippen LogP contribution >= 0.6 is 22.9 Å². The molecule has 3 rings (SSSR count). The quantitative estimate of drug-likeness (QED) is 0.789. The maximum atomic E-state index is 12.7. The first-order valence-electron chi connectivity index (χ1n) is 8.20. The Morgan fingerprint density at radius 3 is 2.77 bits per heavy atom. The summed E-state index contributed by atoms with van der Waals surface area (Å²) < 4.78 is 28.1. The van der Waals surface area contributed by atoms with Crippen molar-refractivity contribution < 1.29 is 13.2 Å². The van der Waals surface area contributed by atoms with Gasteiger partial charge >= 0.3 is 0 Å². The largest absolute Gasteiger partial charge is 0.340 e. The second-order valence-corrected chi connectivity index (χ2v) is 8.89. The van der Waals surface area contributed by atoms with Crippen molar-refractivity contribution in [1.29, 1.82) is 0 Å². The lowest BCUT2D eigenvalue weighted by atomic mass is 10.2. The number of carbonyl (C=O) groups excluding carboxylic acids is 1. The summed E-state index contributed by atoms with van der Waals surface area (Å²) in [7, 11) is -3.78. The average Bonchev–Trinajstić information content (AvgIpc) is 3.04. The molecule has 1 aliphatic heterocycles. The van der Waals surface area contributed by atoms with Gasteiger partial charge in [-0.3, -0.25) is 9.52 Å². The Labute approximate surface area is 162 Å². The first kappa shape index (κ1) is 19.2. The van der Waals surface area contributed by atoms with Crippen molar-refractivity contribution in [2.24, 2.45) is 0 Å². The van der Waals surface area contributed by atoms with E-state index in [2.05, 4.69) is 10.0 Å². The molecule has 0 spiro atoms. The van der Waals surface area contributed by atoms with Gasteiger partial charge in [0.2, 0.25) is 5.91 Å². The van der Waals surface area contributed by atoms with E-state index in [9.17, 15) is 13.2 Å². The summed E-state index contributed by atoms with van der Waals surface area (Å²) in [5.41, 5.74) is 1.62. The number of hydrogen-bond donors (Lipinski definition) is 2. The number of rotatable bonds is 5. The van der Waals surface area contributed by atoms with Crippen molar-refractivity contribution in [3.8, 4) is 0 Å². The molecule has 1 aliphatic rings. The molecule has 140 valence electrons. The van der Waals surface area contributed by atoms with Crippen LogP contribution in [0.4, 0.5) is 5.69 Å². The zero-order valence-corrected chi connectivity index (χ0v) is 16.7. The molecule has 6 nitrogen and oxygen atoms in total. The van der Waals surface area contributed by atoms with Crippen molar-refractivity contribution in [3.63, 3.8) is 0 Å². The topological polar surface area (TPSA) is 78.5 Å². The summed E-state index contributed by atoms with van der Waals surface area (Å²) in [4.78, 5) is 14.4. The first-order valence-corrected chi connectivity index (χ1v) is 11.0. The molecular formula is C17H20ClN3O3S2. The number of hydrogen-bond acceptors (Lipinski definition) is 5. The minimum Gasteiger partial charge on any atom is -0.340 e. The van der Waals surface area contributed by atoms with E-state index in [1.54, 1.807) is 29.3 Å². The second-order valence-electron chi connectivity index (χ2n) is 6.09. The smallest absolute Gasteiger partial charge is 0.262 e. The van der Waals surface area contributed by atoms with Gasteiger partial charge in [-0.1, -0.05) is 17.7 Å². The summed E-state index contributed by atoms with van der Waals surface area (Å²) in [5, 5.41) is 7.11. The molecule has 26 heavy (non-hydrogen) atoms. The molecule has 1 aromatic carbocycles. The third-order valence-electron chi connectivity index (χ3n) is 4.31. The molecule has 1 aromatic heterocycles. The Balaban J connectivity index is 1.78. The summed E-state index contributed by atoms with van der Waals surface area (Å²) in [6, 6.07) is 4.77.